The fraction of sp³-hybridized carbons (Fsp3) is 0.200. The molecule has 18 heavy (non-hydrogen) atoms. The molecule has 0 aliphatic heterocycles. The molecule has 0 radical (unpaired) electrons. The molecule has 0 saturated heterocycles. The molecule has 1 aromatic rings. The van der Waals surface area contributed by atoms with Gasteiger partial charge in [-0.3, -0.25) is 0 Å². The van der Waals surface area contributed by atoms with Gasteiger partial charge >= 0.3 is 11.5 Å². The van der Waals surface area contributed by atoms with Gasteiger partial charge in [-0.05, 0) is 23.9 Å². The smallest absolute Gasteiger partial charge is 0.446 e. The highest BCUT2D eigenvalue weighted by atomic mass is 35.5. The van der Waals surface area contributed by atoms with Crippen molar-refractivity contribution in [2.75, 3.05) is 7.11 Å². The van der Waals surface area contributed by atoms with Gasteiger partial charge in [0.25, 0.3) is 0 Å². The number of hydrogen-bond acceptors (Lipinski definition) is 4. The largest absolute Gasteiger partial charge is 0.465 e. The Kier molecular flexibility index (Phi) is 4.48. The van der Waals surface area contributed by atoms with Crippen molar-refractivity contribution < 1.29 is 22.7 Å². The Morgan fingerprint density at radius 1 is 1.50 bits per heavy atom. The van der Waals surface area contributed by atoms with Gasteiger partial charge < -0.3 is 4.74 Å². The van der Waals surface area contributed by atoms with Crippen molar-refractivity contribution in [2.24, 2.45) is 0 Å². The highest BCUT2D eigenvalue weighted by Gasteiger charge is 2.32. The number of rotatable bonds is 2. The molecule has 0 saturated carbocycles. The number of nitriles is 1. The van der Waals surface area contributed by atoms with Crippen LogP contribution in [-0.4, -0.2) is 18.6 Å². The summed E-state index contributed by atoms with van der Waals surface area (Å²) in [6.07, 6.45) is 0. The van der Waals surface area contributed by atoms with Crippen LogP contribution in [0.25, 0.3) is 0 Å². The van der Waals surface area contributed by atoms with Crippen molar-refractivity contribution in [1.29, 1.82) is 5.26 Å². The van der Waals surface area contributed by atoms with E-state index in [4.69, 9.17) is 16.9 Å². The highest BCUT2D eigenvalue weighted by molar-refractivity contribution is 8.00. The first-order valence-corrected chi connectivity index (χ1v) is 5.56. The molecule has 0 N–H and O–H groups in total. The second-order valence-corrected chi connectivity index (χ2v) is 4.46. The third-order valence-corrected chi connectivity index (χ3v) is 2.95. The van der Waals surface area contributed by atoms with Gasteiger partial charge in [0, 0.05) is 4.90 Å². The van der Waals surface area contributed by atoms with E-state index in [-0.39, 0.29) is 10.6 Å². The minimum Gasteiger partial charge on any atom is -0.465 e. The summed E-state index contributed by atoms with van der Waals surface area (Å²) in [5.74, 6) is -0.957. The number of carbonyl (C=O) groups is 1. The number of methoxy groups -OCH3 is 1. The molecule has 0 aliphatic carbocycles. The summed E-state index contributed by atoms with van der Waals surface area (Å²) in [4.78, 5) is 11.0. The topological polar surface area (TPSA) is 50.1 Å². The van der Waals surface area contributed by atoms with E-state index < -0.39 is 33.7 Å². The van der Waals surface area contributed by atoms with Crippen molar-refractivity contribution >= 4 is 29.3 Å². The molecule has 0 fully saturated rings. The number of carbonyl (C=O) groups excluding carboxylic acids is 1. The van der Waals surface area contributed by atoms with E-state index >= 15 is 0 Å². The van der Waals surface area contributed by atoms with Crippen molar-refractivity contribution in [3.8, 4) is 6.07 Å². The van der Waals surface area contributed by atoms with Crippen LogP contribution in [0.4, 0.5) is 13.2 Å². The molecule has 0 aromatic heterocycles. The number of nitrogens with zero attached hydrogens (tertiary/aromatic N) is 1. The molecule has 0 unspecified atom stereocenters. The van der Waals surface area contributed by atoms with Gasteiger partial charge in [0.05, 0.1) is 23.3 Å². The maximum absolute atomic E-state index is 12.3. The lowest BCUT2D eigenvalue weighted by Crippen LogP contribution is -2.08. The molecule has 1 rings (SSSR count). The first-order valence-electron chi connectivity index (χ1n) is 4.36. The lowest BCUT2D eigenvalue weighted by atomic mass is 10.1. The molecular weight excluding hydrogens is 291 g/mol. The Morgan fingerprint density at radius 3 is 2.56 bits per heavy atom. The average molecular weight is 296 g/mol. The molecule has 0 spiro atoms. The Labute approximate surface area is 109 Å². The third-order valence-electron chi connectivity index (χ3n) is 1.84. The molecule has 8 heteroatoms. The van der Waals surface area contributed by atoms with E-state index in [0.717, 1.165) is 19.2 Å². The lowest BCUT2D eigenvalue weighted by molar-refractivity contribution is -0.0328. The number of hydrogen-bond donors (Lipinski definition) is 0. The summed E-state index contributed by atoms with van der Waals surface area (Å²) >= 11 is 5.20. The number of esters is 1. The summed E-state index contributed by atoms with van der Waals surface area (Å²) in [7, 11) is 1.05. The number of halogens is 4. The second-order valence-electron chi connectivity index (χ2n) is 2.95. The Morgan fingerprint density at radius 2 is 2.11 bits per heavy atom. The second kappa shape index (κ2) is 5.50. The van der Waals surface area contributed by atoms with Gasteiger partial charge in [-0.1, -0.05) is 11.6 Å². The van der Waals surface area contributed by atoms with Gasteiger partial charge in [0.2, 0.25) is 0 Å². The van der Waals surface area contributed by atoms with Crippen LogP contribution in [0.2, 0.25) is 5.02 Å². The molecule has 1 aromatic carbocycles. The van der Waals surface area contributed by atoms with Gasteiger partial charge in [-0.15, -0.1) is 0 Å². The zero-order valence-corrected chi connectivity index (χ0v) is 10.4. The van der Waals surface area contributed by atoms with Gasteiger partial charge in [-0.25, -0.2) is 4.79 Å². The number of ether oxygens (including phenoxy) is 1. The Balaban J connectivity index is 3.40. The molecule has 0 aliphatic rings. The van der Waals surface area contributed by atoms with E-state index in [1.165, 1.54) is 6.07 Å². The number of alkyl halides is 3. The minimum atomic E-state index is -4.56. The molecule has 0 bridgehead atoms. The molecule has 0 atom stereocenters. The van der Waals surface area contributed by atoms with Gasteiger partial charge in [-0.2, -0.15) is 18.4 Å². The van der Waals surface area contributed by atoms with Crippen molar-refractivity contribution in [2.45, 2.75) is 10.4 Å². The summed E-state index contributed by atoms with van der Waals surface area (Å²) in [6.45, 7) is 0. The maximum Gasteiger partial charge on any atom is 0.446 e. The van der Waals surface area contributed by atoms with E-state index in [1.807, 2.05) is 0 Å². The summed E-state index contributed by atoms with van der Waals surface area (Å²) in [6, 6.07) is 3.68. The van der Waals surface area contributed by atoms with E-state index in [2.05, 4.69) is 4.74 Å². The number of benzene rings is 1. The van der Waals surface area contributed by atoms with Gasteiger partial charge in [0.1, 0.15) is 6.07 Å². The molecule has 0 heterocycles. The van der Waals surface area contributed by atoms with Crippen molar-refractivity contribution in [3.05, 3.63) is 28.3 Å². The molecule has 0 amide bonds. The Bertz CT molecular complexity index is 525. The fourth-order valence-electron chi connectivity index (χ4n) is 1.18. The Hall–Kier alpha value is -1.39. The maximum atomic E-state index is 12.3. The van der Waals surface area contributed by atoms with Crippen LogP contribution in [0, 0.1) is 11.3 Å². The molecular formula is C10H5ClF3NO2S. The predicted molar refractivity (Wildman–Crippen MR) is 59.4 cm³/mol. The monoisotopic (exact) mass is 295 g/mol. The molecule has 96 valence electrons. The standard InChI is InChI=1S/C10H5ClF3NO2S/c1-17-9(16)8-5(4-15)7(3-2-6(8)11)18-10(12,13)14/h2-3H,1H3. The van der Waals surface area contributed by atoms with Crippen LogP contribution in [0.3, 0.4) is 0 Å². The average Bonchev–Trinajstić information content (AvgIpc) is 2.28. The van der Waals surface area contributed by atoms with E-state index in [9.17, 15) is 18.0 Å². The SMILES string of the molecule is COC(=O)c1c(Cl)ccc(SC(F)(F)F)c1C#N. The fourth-order valence-corrected chi connectivity index (χ4v) is 2.05. The number of thioether (sulfide) groups is 1. The van der Waals surface area contributed by atoms with Crippen LogP contribution in [-0.2, 0) is 4.74 Å². The zero-order chi connectivity index (χ0) is 13.9. The summed E-state index contributed by atoms with van der Waals surface area (Å²) in [5, 5.41) is 8.73. The van der Waals surface area contributed by atoms with Crippen LogP contribution >= 0.6 is 23.4 Å². The summed E-state index contributed by atoms with van der Waals surface area (Å²) in [5.41, 5.74) is -5.38. The van der Waals surface area contributed by atoms with Gasteiger partial charge in [0.15, 0.2) is 0 Å². The quantitative estimate of drug-likeness (QED) is 0.618. The normalized spacial score (nSPS) is 10.9. The molecule has 3 nitrogen and oxygen atoms in total. The zero-order valence-electron chi connectivity index (χ0n) is 8.84. The third kappa shape index (κ3) is 3.31. The lowest BCUT2D eigenvalue weighted by Gasteiger charge is -2.11. The highest BCUT2D eigenvalue weighted by Crippen LogP contribution is 2.40. The van der Waals surface area contributed by atoms with E-state index in [0.29, 0.717) is 0 Å². The first-order chi connectivity index (χ1) is 8.30. The van der Waals surface area contributed by atoms with Crippen molar-refractivity contribution in [3.63, 3.8) is 0 Å². The summed E-state index contributed by atoms with van der Waals surface area (Å²) < 4.78 is 41.2. The van der Waals surface area contributed by atoms with E-state index in [1.54, 1.807) is 0 Å². The van der Waals surface area contributed by atoms with Crippen LogP contribution < -0.4 is 0 Å². The van der Waals surface area contributed by atoms with Crippen LogP contribution in [0.15, 0.2) is 17.0 Å². The van der Waals surface area contributed by atoms with Crippen LogP contribution in [0.1, 0.15) is 15.9 Å². The van der Waals surface area contributed by atoms with Crippen molar-refractivity contribution in [1.82, 2.24) is 0 Å². The minimum absolute atomic E-state index is 0.134. The first kappa shape index (κ1) is 14.7. The predicted octanol–water partition coefficient (Wildman–Crippen LogP) is 3.61. The van der Waals surface area contributed by atoms with Crippen LogP contribution in [0.5, 0.6) is 0 Å².